The van der Waals surface area contributed by atoms with E-state index in [1.807, 2.05) is 0 Å². The number of nitrogens with two attached hydrogens (primary N) is 1. The van der Waals surface area contributed by atoms with Gasteiger partial charge in [-0.2, -0.15) is 31.4 Å². The van der Waals surface area contributed by atoms with Crippen molar-refractivity contribution in [3.8, 4) is 46.2 Å². The number of carbonyl (C=O) groups excluding carboxylic acids is 1. The van der Waals surface area contributed by atoms with Crippen molar-refractivity contribution in [3.05, 3.63) is 52.7 Å². The number of aromatic nitrogens is 2. The predicted molar refractivity (Wildman–Crippen MR) is 135 cm³/mol. The second-order valence-corrected chi connectivity index (χ2v) is 8.98. The molecule has 0 aliphatic heterocycles. The number of carbonyl (C=O) groups is 1. The van der Waals surface area contributed by atoms with Crippen molar-refractivity contribution in [1.82, 2.24) is 15.1 Å². The fourth-order valence-electron chi connectivity index (χ4n) is 3.75. The minimum absolute atomic E-state index is 0.0411. The Balaban J connectivity index is 1.99. The molecule has 0 bridgehead atoms. The highest BCUT2D eigenvalue weighted by atomic mass is 35.5. The quantitative estimate of drug-likeness (QED) is 0.177. The number of rotatable bonds is 9. The van der Waals surface area contributed by atoms with Crippen LogP contribution in [0.25, 0.3) is 22.4 Å². The molecule has 0 aliphatic rings. The highest BCUT2D eigenvalue weighted by molar-refractivity contribution is 6.31. The van der Waals surface area contributed by atoms with Crippen molar-refractivity contribution in [1.29, 1.82) is 0 Å². The molecule has 2 aromatic carbocycles. The van der Waals surface area contributed by atoms with E-state index in [9.17, 15) is 36.2 Å². The first-order chi connectivity index (χ1) is 18.6. The van der Waals surface area contributed by atoms with Crippen LogP contribution in [0.1, 0.15) is 24.1 Å². The molecule has 40 heavy (non-hydrogen) atoms. The molecule has 3 aromatic rings. The molecule has 1 amide bonds. The Morgan fingerprint density at radius 3 is 2.50 bits per heavy atom. The highest BCUT2D eigenvalue weighted by Gasteiger charge is 2.36. The van der Waals surface area contributed by atoms with Crippen LogP contribution in [0.3, 0.4) is 0 Å². The number of benzene rings is 2. The van der Waals surface area contributed by atoms with E-state index in [1.54, 1.807) is 0 Å². The molecule has 0 radical (unpaired) electrons. The van der Waals surface area contributed by atoms with Crippen molar-refractivity contribution in [2.75, 3.05) is 13.2 Å². The maximum Gasteiger partial charge on any atom is 0.435 e. The number of phenolic OH excluding ortho intramolecular Hbond substituents is 1. The number of aryl methyl sites for hydroxylation is 1. The number of alkyl halides is 6. The molecule has 0 aliphatic carbocycles. The smallest absolute Gasteiger partial charge is 0.435 e. The Kier molecular flexibility index (Phi) is 9.27. The van der Waals surface area contributed by atoms with Crippen molar-refractivity contribution >= 4 is 17.5 Å². The van der Waals surface area contributed by atoms with E-state index in [0.29, 0.717) is 12.1 Å². The van der Waals surface area contributed by atoms with Crippen molar-refractivity contribution in [2.45, 2.75) is 31.2 Å². The van der Waals surface area contributed by atoms with Crippen LogP contribution in [-0.4, -0.2) is 40.0 Å². The SMILES string of the molecule is C#CCC(N)C(=O)NCCCOc1ccc(-c2cc(C(F)(F)F)nn2C)c(O)c1-c1ccc(Cl)c(C(F)(F)F)c1. The van der Waals surface area contributed by atoms with Gasteiger partial charge in [0.25, 0.3) is 0 Å². The van der Waals surface area contributed by atoms with Gasteiger partial charge in [0.2, 0.25) is 5.91 Å². The van der Waals surface area contributed by atoms with Gasteiger partial charge in [-0.3, -0.25) is 9.48 Å². The second kappa shape index (κ2) is 12.1. The number of amides is 1. The number of terminal acetylenes is 1. The number of ether oxygens (including phenoxy) is 1. The van der Waals surface area contributed by atoms with Gasteiger partial charge in [0.05, 0.1) is 34.5 Å². The molecule has 0 fully saturated rings. The van der Waals surface area contributed by atoms with Gasteiger partial charge in [-0.1, -0.05) is 17.7 Å². The average Bonchev–Trinajstić information content (AvgIpc) is 3.25. The topological polar surface area (TPSA) is 102 Å². The summed E-state index contributed by atoms with van der Waals surface area (Å²) in [7, 11) is 1.22. The standard InChI is InChI=1S/C26H23ClF6N4O3/c1-3-5-18(34)24(39)35-10-4-11-40-20-9-7-15(19-13-21(26(31,32)33)36-37(19)2)23(38)22(20)14-6-8-17(27)16(12-14)25(28,29)30/h1,6-9,12-13,18,38H,4-5,10-11,34H2,2H3,(H,35,39). The highest BCUT2D eigenvalue weighted by Crippen LogP contribution is 2.47. The number of hydrogen-bond acceptors (Lipinski definition) is 5. The molecule has 4 N–H and O–H groups in total. The lowest BCUT2D eigenvalue weighted by molar-refractivity contribution is -0.141. The van der Waals surface area contributed by atoms with Gasteiger partial charge in [-0.15, -0.1) is 12.3 Å². The molecule has 1 atom stereocenters. The first-order valence-corrected chi connectivity index (χ1v) is 12.0. The number of nitrogens with one attached hydrogen (secondary N) is 1. The first kappa shape index (κ1) is 30.6. The molecular weight excluding hydrogens is 566 g/mol. The molecule has 1 aromatic heterocycles. The van der Waals surface area contributed by atoms with Gasteiger partial charge >= 0.3 is 12.4 Å². The van der Waals surface area contributed by atoms with Gasteiger partial charge in [-0.05, 0) is 42.3 Å². The summed E-state index contributed by atoms with van der Waals surface area (Å²) in [5.74, 6) is 1.09. The monoisotopic (exact) mass is 588 g/mol. The van der Waals surface area contributed by atoms with Crippen LogP contribution < -0.4 is 15.8 Å². The maximum atomic E-state index is 13.6. The van der Waals surface area contributed by atoms with Gasteiger partial charge in [0.1, 0.15) is 11.5 Å². The zero-order valence-electron chi connectivity index (χ0n) is 20.8. The van der Waals surface area contributed by atoms with Crippen molar-refractivity contribution in [2.24, 2.45) is 12.8 Å². The van der Waals surface area contributed by atoms with Crippen LogP contribution in [0.15, 0.2) is 36.4 Å². The Hall–Kier alpha value is -3.89. The van der Waals surface area contributed by atoms with Gasteiger partial charge in [0, 0.05) is 25.6 Å². The Morgan fingerprint density at radius 1 is 1.20 bits per heavy atom. The minimum Gasteiger partial charge on any atom is -0.506 e. The van der Waals surface area contributed by atoms with Crippen LogP contribution in [0.5, 0.6) is 11.5 Å². The summed E-state index contributed by atoms with van der Waals surface area (Å²) in [6.45, 7) is 0.0744. The normalized spacial score (nSPS) is 12.6. The summed E-state index contributed by atoms with van der Waals surface area (Å²) >= 11 is 5.74. The zero-order chi connectivity index (χ0) is 29.8. The van der Waals surface area contributed by atoms with E-state index >= 15 is 0 Å². The third-order valence-corrected chi connectivity index (χ3v) is 6.03. The Bertz CT molecular complexity index is 1430. The van der Waals surface area contributed by atoms with Gasteiger partial charge < -0.3 is 20.9 Å². The van der Waals surface area contributed by atoms with E-state index in [-0.39, 0.29) is 54.1 Å². The second-order valence-electron chi connectivity index (χ2n) is 8.57. The van der Waals surface area contributed by atoms with Gasteiger partial charge in [-0.25, -0.2) is 0 Å². The summed E-state index contributed by atoms with van der Waals surface area (Å²) in [4.78, 5) is 11.9. The minimum atomic E-state index is -4.83. The molecule has 0 spiro atoms. The summed E-state index contributed by atoms with van der Waals surface area (Å²) in [6, 6.07) is 5.26. The third-order valence-electron chi connectivity index (χ3n) is 5.70. The fourth-order valence-corrected chi connectivity index (χ4v) is 3.98. The molecule has 1 heterocycles. The number of aromatic hydroxyl groups is 1. The first-order valence-electron chi connectivity index (χ1n) is 11.6. The fraction of sp³-hybridized carbons (Fsp3) is 0.308. The van der Waals surface area contributed by atoms with Crippen LogP contribution in [0.4, 0.5) is 26.3 Å². The third kappa shape index (κ3) is 7.00. The lowest BCUT2D eigenvalue weighted by Gasteiger charge is -2.18. The lowest BCUT2D eigenvalue weighted by atomic mass is 9.97. The van der Waals surface area contributed by atoms with Crippen LogP contribution in [0.2, 0.25) is 5.02 Å². The Morgan fingerprint density at radius 2 is 1.90 bits per heavy atom. The molecule has 0 saturated carbocycles. The molecule has 1 unspecified atom stereocenters. The maximum absolute atomic E-state index is 13.6. The van der Waals surface area contributed by atoms with Crippen molar-refractivity contribution in [3.63, 3.8) is 0 Å². The summed E-state index contributed by atoms with van der Waals surface area (Å²) in [5, 5.41) is 16.6. The Labute approximate surface area is 229 Å². The summed E-state index contributed by atoms with van der Waals surface area (Å²) < 4.78 is 86.9. The van der Waals surface area contributed by atoms with Crippen LogP contribution in [0, 0.1) is 12.3 Å². The predicted octanol–water partition coefficient (Wildman–Crippen LogP) is 5.39. The van der Waals surface area contributed by atoms with E-state index in [1.165, 1.54) is 25.2 Å². The van der Waals surface area contributed by atoms with Gasteiger partial charge in [0.15, 0.2) is 5.69 Å². The zero-order valence-corrected chi connectivity index (χ0v) is 21.6. The number of hydrogen-bond donors (Lipinski definition) is 3. The molecule has 214 valence electrons. The van der Waals surface area contributed by atoms with E-state index in [0.717, 1.165) is 10.7 Å². The summed E-state index contributed by atoms with van der Waals surface area (Å²) in [6.07, 6.45) is -4.19. The summed E-state index contributed by atoms with van der Waals surface area (Å²) in [5.41, 5.74) is 2.56. The molecule has 14 heteroatoms. The lowest BCUT2D eigenvalue weighted by Crippen LogP contribution is -2.40. The van der Waals surface area contributed by atoms with Crippen LogP contribution >= 0.6 is 11.6 Å². The van der Waals surface area contributed by atoms with E-state index in [4.69, 9.17) is 28.5 Å². The van der Waals surface area contributed by atoms with E-state index in [2.05, 4.69) is 16.3 Å². The number of halogens is 7. The number of nitrogens with zero attached hydrogens (tertiary/aromatic N) is 2. The molecule has 7 nitrogen and oxygen atoms in total. The molecule has 3 rings (SSSR count). The molecule has 0 saturated heterocycles. The van der Waals surface area contributed by atoms with Crippen LogP contribution in [-0.2, 0) is 24.2 Å². The largest absolute Gasteiger partial charge is 0.506 e. The van der Waals surface area contributed by atoms with E-state index < -0.39 is 46.3 Å². The average molecular weight is 589 g/mol. The van der Waals surface area contributed by atoms with Crippen molar-refractivity contribution < 1.29 is 41.0 Å². The molecular formula is C26H23ClF6N4O3. The number of phenols is 1.